The number of piperidine rings is 1. The summed E-state index contributed by atoms with van der Waals surface area (Å²) in [5.41, 5.74) is 5.02. The normalized spacial score (nSPS) is 29.6. The number of fused-ring (bicyclic) bond motifs is 3. The lowest BCUT2D eigenvalue weighted by Gasteiger charge is -2.39. The van der Waals surface area contributed by atoms with E-state index in [-0.39, 0.29) is 24.1 Å². The molecule has 2 heterocycles. The van der Waals surface area contributed by atoms with Crippen molar-refractivity contribution in [3.8, 4) is 0 Å². The zero-order valence-corrected chi connectivity index (χ0v) is 23.3. The summed E-state index contributed by atoms with van der Waals surface area (Å²) in [6.07, 6.45) is 4.65. The lowest BCUT2D eigenvalue weighted by Crippen LogP contribution is -2.52. The molecule has 3 amide bonds. The average Bonchev–Trinajstić information content (AvgIpc) is 3.42. The largest absolute Gasteiger partial charge is 0.322 e. The van der Waals surface area contributed by atoms with Crippen LogP contribution in [0.1, 0.15) is 79.9 Å². The zero-order chi connectivity index (χ0) is 26.7. The van der Waals surface area contributed by atoms with Crippen molar-refractivity contribution in [2.75, 3.05) is 0 Å². The first kappa shape index (κ1) is 25.6. The summed E-state index contributed by atoms with van der Waals surface area (Å²) in [6, 6.07) is 14.7. The molecule has 4 aliphatic rings. The van der Waals surface area contributed by atoms with Gasteiger partial charge in [-0.05, 0) is 71.3 Å². The van der Waals surface area contributed by atoms with Gasteiger partial charge in [-0.2, -0.15) is 0 Å². The summed E-state index contributed by atoms with van der Waals surface area (Å²) in [5, 5.41) is 6.26. The second kappa shape index (κ2) is 9.53. The van der Waals surface area contributed by atoms with Crippen LogP contribution in [0.5, 0.6) is 0 Å². The van der Waals surface area contributed by atoms with Crippen LogP contribution in [0, 0.1) is 16.7 Å². The topological polar surface area (TPSA) is 78.5 Å². The second-order valence-corrected chi connectivity index (χ2v) is 13.3. The third kappa shape index (κ3) is 4.19. The van der Waals surface area contributed by atoms with Crippen molar-refractivity contribution < 1.29 is 14.4 Å². The van der Waals surface area contributed by atoms with Gasteiger partial charge in [0, 0.05) is 41.8 Å². The van der Waals surface area contributed by atoms with E-state index in [1.807, 2.05) is 12.1 Å². The number of nitrogens with zero attached hydrogens (tertiary/aromatic N) is 1. The van der Waals surface area contributed by atoms with Crippen LogP contribution in [-0.2, 0) is 28.4 Å². The molecular formula is C31H37N3O3S. The van der Waals surface area contributed by atoms with Crippen molar-refractivity contribution in [3.63, 3.8) is 0 Å². The Morgan fingerprint density at radius 3 is 2.47 bits per heavy atom. The van der Waals surface area contributed by atoms with Gasteiger partial charge in [0.1, 0.15) is 6.04 Å². The molecule has 6 nitrogen and oxygen atoms in total. The fourth-order valence-electron chi connectivity index (χ4n) is 7.36. The van der Waals surface area contributed by atoms with E-state index in [4.69, 9.17) is 0 Å². The highest BCUT2D eigenvalue weighted by Gasteiger charge is 2.60. The van der Waals surface area contributed by atoms with Crippen molar-refractivity contribution in [3.05, 3.63) is 64.7 Å². The van der Waals surface area contributed by atoms with E-state index in [1.165, 1.54) is 30.4 Å². The van der Waals surface area contributed by atoms with Gasteiger partial charge in [0.2, 0.25) is 11.8 Å². The molecule has 6 rings (SSSR count). The fourth-order valence-corrected chi connectivity index (χ4v) is 8.40. The van der Waals surface area contributed by atoms with Crippen LogP contribution in [0.15, 0.2) is 47.4 Å². The maximum atomic E-state index is 13.1. The molecule has 0 aromatic heterocycles. The minimum atomic E-state index is -0.584. The Morgan fingerprint density at radius 2 is 1.79 bits per heavy atom. The maximum Gasteiger partial charge on any atom is 0.255 e. The highest BCUT2D eigenvalue weighted by Crippen LogP contribution is 2.65. The summed E-state index contributed by atoms with van der Waals surface area (Å²) in [7, 11) is 0. The van der Waals surface area contributed by atoms with Crippen LogP contribution < -0.4 is 10.6 Å². The first-order valence-corrected chi connectivity index (χ1v) is 14.9. The Kier molecular flexibility index (Phi) is 6.42. The molecular weight excluding hydrogens is 494 g/mol. The van der Waals surface area contributed by atoms with Gasteiger partial charge in [-0.25, -0.2) is 0 Å². The van der Waals surface area contributed by atoms with Gasteiger partial charge in [0.05, 0.1) is 0 Å². The number of carbonyl (C=O) groups excluding carboxylic acids is 3. The number of carbonyl (C=O) groups is 3. The van der Waals surface area contributed by atoms with Gasteiger partial charge in [0.25, 0.3) is 5.91 Å². The Hall–Kier alpha value is -2.64. The number of benzene rings is 2. The second-order valence-electron chi connectivity index (χ2n) is 12.3. The van der Waals surface area contributed by atoms with Crippen LogP contribution in [0.4, 0.5) is 0 Å². The summed E-state index contributed by atoms with van der Waals surface area (Å²) in [4.78, 5) is 39.7. The molecule has 2 saturated carbocycles. The number of hydrogen-bond acceptors (Lipinski definition) is 5. The Bertz CT molecular complexity index is 1290. The smallest absolute Gasteiger partial charge is 0.255 e. The van der Waals surface area contributed by atoms with E-state index in [0.29, 0.717) is 35.4 Å². The quantitative estimate of drug-likeness (QED) is 0.386. The number of hydrogen-bond donors (Lipinski definition) is 2. The lowest BCUT2D eigenvalue weighted by atomic mass is 9.69. The van der Waals surface area contributed by atoms with E-state index in [9.17, 15) is 14.4 Å². The summed E-state index contributed by atoms with van der Waals surface area (Å²) < 4.78 is 0. The van der Waals surface area contributed by atoms with Gasteiger partial charge in [0.15, 0.2) is 0 Å². The Morgan fingerprint density at radius 1 is 1.03 bits per heavy atom. The van der Waals surface area contributed by atoms with Crippen molar-refractivity contribution in [2.24, 2.45) is 16.7 Å². The predicted octanol–water partition coefficient (Wildman–Crippen LogP) is 5.04. The third-order valence-corrected chi connectivity index (χ3v) is 11.5. The SMILES string of the molecule is CC1(C)[C@@H]2CC[C@@]1(C)[C@@H](NCc1ccc(CSc3cccc4c3CN(C3CCC(=O)NC3=O)C4=O)cc1)C2. The lowest BCUT2D eigenvalue weighted by molar-refractivity contribution is -0.136. The number of amides is 3. The molecule has 2 aliphatic heterocycles. The fraction of sp³-hybridized carbons (Fsp3) is 0.516. The number of rotatable bonds is 7. The van der Waals surface area contributed by atoms with Crippen LogP contribution in [0.2, 0.25) is 0 Å². The van der Waals surface area contributed by atoms with E-state index in [1.54, 1.807) is 16.7 Å². The Balaban J connectivity index is 1.06. The van der Waals surface area contributed by atoms with Gasteiger partial charge >= 0.3 is 0 Å². The number of thioether (sulfide) groups is 1. The summed E-state index contributed by atoms with van der Waals surface area (Å²) in [5.74, 6) is 0.895. The number of imide groups is 1. The summed E-state index contributed by atoms with van der Waals surface area (Å²) in [6.45, 7) is 8.72. The minimum absolute atomic E-state index is 0.124. The maximum absolute atomic E-state index is 13.1. The van der Waals surface area contributed by atoms with Gasteiger partial charge in [-0.15, -0.1) is 11.8 Å². The monoisotopic (exact) mass is 531 g/mol. The molecule has 0 spiro atoms. The molecule has 2 bridgehead atoms. The van der Waals surface area contributed by atoms with Gasteiger partial charge in [-0.3, -0.25) is 19.7 Å². The highest BCUT2D eigenvalue weighted by molar-refractivity contribution is 7.98. The predicted molar refractivity (Wildman–Crippen MR) is 148 cm³/mol. The number of nitrogens with one attached hydrogen (secondary N) is 2. The van der Waals surface area contributed by atoms with E-state index >= 15 is 0 Å². The van der Waals surface area contributed by atoms with E-state index < -0.39 is 6.04 Å². The van der Waals surface area contributed by atoms with Crippen molar-refractivity contribution >= 4 is 29.5 Å². The third-order valence-electron chi connectivity index (χ3n) is 10.3. The van der Waals surface area contributed by atoms with Crippen LogP contribution in [-0.4, -0.2) is 34.7 Å². The van der Waals surface area contributed by atoms with E-state index in [0.717, 1.165) is 28.7 Å². The minimum Gasteiger partial charge on any atom is -0.322 e. The molecule has 7 heteroatoms. The first-order valence-electron chi connectivity index (χ1n) is 13.9. The zero-order valence-electron chi connectivity index (χ0n) is 22.5. The average molecular weight is 532 g/mol. The van der Waals surface area contributed by atoms with Crippen molar-refractivity contribution in [1.29, 1.82) is 0 Å². The molecule has 3 fully saturated rings. The van der Waals surface area contributed by atoms with Crippen LogP contribution in [0.25, 0.3) is 0 Å². The van der Waals surface area contributed by atoms with E-state index in [2.05, 4.69) is 61.7 Å². The van der Waals surface area contributed by atoms with Crippen molar-refractivity contribution in [1.82, 2.24) is 15.5 Å². The highest BCUT2D eigenvalue weighted by atomic mass is 32.2. The van der Waals surface area contributed by atoms with Crippen LogP contribution >= 0.6 is 11.8 Å². The molecule has 4 atom stereocenters. The summed E-state index contributed by atoms with van der Waals surface area (Å²) >= 11 is 1.73. The molecule has 1 unspecified atom stereocenters. The van der Waals surface area contributed by atoms with Crippen LogP contribution in [0.3, 0.4) is 0 Å². The molecule has 0 radical (unpaired) electrons. The molecule has 38 heavy (non-hydrogen) atoms. The first-order chi connectivity index (χ1) is 18.2. The molecule has 2 N–H and O–H groups in total. The molecule has 2 aromatic carbocycles. The Labute approximate surface area is 229 Å². The molecule has 2 aromatic rings. The molecule has 1 saturated heterocycles. The van der Waals surface area contributed by atoms with Gasteiger partial charge in [-0.1, -0.05) is 51.1 Å². The molecule has 200 valence electrons. The standard InChI is InChI=1S/C31H37N3O3S/c1-30(2)21-13-14-31(30,3)26(15-21)32-16-19-7-9-20(10-8-19)18-38-25-6-4-5-22-23(25)17-34(29(22)37)24-11-12-27(35)33-28(24)36/h4-10,21,24,26,32H,11-18H2,1-3H3,(H,33,35,36)/t21-,24?,26+,31+/m1/s1. The van der Waals surface area contributed by atoms with Crippen molar-refractivity contribution in [2.45, 2.75) is 88.7 Å². The molecule has 2 aliphatic carbocycles. The van der Waals surface area contributed by atoms with Gasteiger partial charge < -0.3 is 10.2 Å².